The number of H-pyrrole nitrogens is 1. The molecule has 8 heteroatoms. The van der Waals surface area contributed by atoms with Crippen molar-refractivity contribution in [1.82, 2.24) is 24.6 Å². The van der Waals surface area contributed by atoms with Crippen LogP contribution in [0.4, 0.5) is 0 Å². The van der Waals surface area contributed by atoms with Crippen molar-refractivity contribution in [3.63, 3.8) is 0 Å². The van der Waals surface area contributed by atoms with Gasteiger partial charge < -0.3 is 9.40 Å². The van der Waals surface area contributed by atoms with Crippen LogP contribution in [0.2, 0.25) is 0 Å². The fraction of sp³-hybridized carbons (Fsp3) is 0.294. The van der Waals surface area contributed by atoms with Gasteiger partial charge in [-0.2, -0.15) is 0 Å². The highest BCUT2D eigenvalue weighted by atomic mass is 16.4. The van der Waals surface area contributed by atoms with Gasteiger partial charge in [0, 0.05) is 30.9 Å². The Morgan fingerprint density at radius 3 is 2.72 bits per heavy atom. The number of likely N-dealkylation sites (N-methyl/N-ethyl adjacent to an activating group) is 1. The average molecular weight is 341 g/mol. The van der Waals surface area contributed by atoms with Crippen molar-refractivity contribution >= 4 is 0 Å². The molecule has 0 saturated heterocycles. The van der Waals surface area contributed by atoms with E-state index in [2.05, 4.69) is 15.2 Å². The summed E-state index contributed by atoms with van der Waals surface area (Å²) in [5, 5.41) is 8.12. The van der Waals surface area contributed by atoms with E-state index in [0.717, 1.165) is 10.1 Å². The lowest BCUT2D eigenvalue weighted by atomic mass is 10.2. The highest BCUT2D eigenvalue weighted by molar-refractivity contribution is 5.51. The molecule has 0 unspecified atom stereocenters. The summed E-state index contributed by atoms with van der Waals surface area (Å²) in [6, 6.07) is 9.57. The van der Waals surface area contributed by atoms with Crippen molar-refractivity contribution < 1.29 is 4.42 Å². The molecule has 0 amide bonds. The minimum Gasteiger partial charge on any atom is -0.419 e. The van der Waals surface area contributed by atoms with Crippen LogP contribution in [0.25, 0.3) is 11.5 Å². The van der Waals surface area contributed by atoms with E-state index in [9.17, 15) is 9.59 Å². The molecule has 0 atom stereocenters. The monoisotopic (exact) mass is 341 g/mol. The van der Waals surface area contributed by atoms with Crippen molar-refractivity contribution in [2.24, 2.45) is 7.05 Å². The van der Waals surface area contributed by atoms with Crippen LogP contribution in [-0.2, 0) is 20.0 Å². The molecule has 1 N–H and O–H groups in total. The van der Waals surface area contributed by atoms with Gasteiger partial charge in [0.15, 0.2) is 0 Å². The zero-order chi connectivity index (χ0) is 17.8. The Morgan fingerprint density at radius 2 is 1.96 bits per heavy atom. The van der Waals surface area contributed by atoms with Gasteiger partial charge in [-0.25, -0.2) is 4.79 Å². The first-order valence-electron chi connectivity index (χ1n) is 7.88. The van der Waals surface area contributed by atoms with Gasteiger partial charge in [-0.15, -0.1) is 10.2 Å². The van der Waals surface area contributed by atoms with Crippen LogP contribution in [0.1, 0.15) is 11.5 Å². The summed E-state index contributed by atoms with van der Waals surface area (Å²) in [7, 11) is 3.36. The minimum absolute atomic E-state index is 0.277. The zero-order valence-corrected chi connectivity index (χ0v) is 14.1. The van der Waals surface area contributed by atoms with E-state index >= 15 is 0 Å². The van der Waals surface area contributed by atoms with Gasteiger partial charge in [0.2, 0.25) is 11.8 Å². The Morgan fingerprint density at radius 1 is 1.20 bits per heavy atom. The molecule has 3 rings (SSSR count). The lowest BCUT2D eigenvalue weighted by Crippen LogP contribution is -2.35. The molecule has 0 aliphatic heterocycles. The quantitative estimate of drug-likeness (QED) is 0.712. The summed E-state index contributed by atoms with van der Waals surface area (Å²) < 4.78 is 6.74. The predicted molar refractivity (Wildman–Crippen MR) is 92.1 cm³/mol. The standard InChI is InChI=1S/C17H19N5O3/c1-21(9-8-13-10-18-17(24)22(2)16(13)23)11-14-19-20-15(25-14)12-6-4-3-5-7-12/h3-7,10H,8-9,11H2,1-2H3,(H,18,24). The number of rotatable bonds is 6. The van der Waals surface area contributed by atoms with Gasteiger partial charge >= 0.3 is 5.69 Å². The molecule has 0 aliphatic carbocycles. The van der Waals surface area contributed by atoms with Gasteiger partial charge in [-0.3, -0.25) is 14.3 Å². The normalized spacial score (nSPS) is 11.2. The fourth-order valence-electron chi connectivity index (χ4n) is 2.43. The number of aromatic amines is 1. The van der Waals surface area contributed by atoms with Gasteiger partial charge in [0.1, 0.15) is 0 Å². The minimum atomic E-state index is -0.415. The second-order valence-corrected chi connectivity index (χ2v) is 5.84. The van der Waals surface area contributed by atoms with E-state index in [1.165, 1.54) is 13.2 Å². The molecule has 0 bridgehead atoms. The van der Waals surface area contributed by atoms with E-state index in [0.29, 0.717) is 36.9 Å². The van der Waals surface area contributed by atoms with Crippen molar-refractivity contribution in [2.75, 3.05) is 13.6 Å². The first kappa shape index (κ1) is 16.8. The van der Waals surface area contributed by atoms with Gasteiger partial charge in [0.05, 0.1) is 6.54 Å². The molecule has 25 heavy (non-hydrogen) atoms. The third-order valence-corrected chi connectivity index (χ3v) is 3.91. The summed E-state index contributed by atoms with van der Waals surface area (Å²) in [5.74, 6) is 0.995. The van der Waals surface area contributed by atoms with E-state index in [1.807, 2.05) is 42.3 Å². The molecule has 0 spiro atoms. The van der Waals surface area contributed by atoms with Gasteiger partial charge in [-0.1, -0.05) is 18.2 Å². The van der Waals surface area contributed by atoms with E-state index in [-0.39, 0.29) is 5.56 Å². The molecule has 0 saturated carbocycles. The maximum Gasteiger partial charge on any atom is 0.328 e. The Hall–Kier alpha value is -3.00. The fourth-order valence-corrected chi connectivity index (χ4v) is 2.43. The van der Waals surface area contributed by atoms with E-state index in [4.69, 9.17) is 4.42 Å². The smallest absolute Gasteiger partial charge is 0.328 e. The second kappa shape index (κ2) is 7.27. The lowest BCUT2D eigenvalue weighted by molar-refractivity contribution is 0.292. The first-order chi connectivity index (χ1) is 12.0. The Bertz CT molecular complexity index is 958. The molecule has 2 heterocycles. The molecule has 2 aromatic heterocycles. The highest BCUT2D eigenvalue weighted by Gasteiger charge is 2.11. The van der Waals surface area contributed by atoms with Crippen LogP contribution in [-0.4, -0.2) is 38.2 Å². The third-order valence-electron chi connectivity index (χ3n) is 3.91. The van der Waals surface area contributed by atoms with E-state index < -0.39 is 5.69 Å². The Labute approximate surface area is 143 Å². The number of nitrogens with zero attached hydrogens (tertiary/aromatic N) is 4. The maximum atomic E-state index is 12.0. The van der Waals surface area contributed by atoms with Crippen molar-refractivity contribution in [1.29, 1.82) is 0 Å². The first-order valence-corrected chi connectivity index (χ1v) is 7.88. The highest BCUT2D eigenvalue weighted by Crippen LogP contribution is 2.17. The summed E-state index contributed by atoms with van der Waals surface area (Å²) >= 11 is 0. The molecule has 8 nitrogen and oxygen atoms in total. The number of benzene rings is 1. The Kier molecular flexibility index (Phi) is 4.90. The van der Waals surface area contributed by atoms with Crippen LogP contribution < -0.4 is 11.2 Å². The van der Waals surface area contributed by atoms with Gasteiger partial charge in [0.25, 0.3) is 5.56 Å². The van der Waals surface area contributed by atoms with Crippen LogP contribution in [0.15, 0.2) is 50.5 Å². The topological polar surface area (TPSA) is 97.0 Å². The summed E-state index contributed by atoms with van der Waals surface area (Å²) in [5.41, 5.74) is 0.743. The molecule has 0 radical (unpaired) electrons. The Balaban J connectivity index is 1.61. The second-order valence-electron chi connectivity index (χ2n) is 5.84. The molecular formula is C17H19N5O3. The SMILES string of the molecule is CN(CCc1c[nH]c(=O)n(C)c1=O)Cc1nnc(-c2ccccc2)o1. The summed E-state index contributed by atoms with van der Waals surface area (Å²) in [4.78, 5) is 27.9. The largest absolute Gasteiger partial charge is 0.419 e. The molecule has 130 valence electrons. The molecule has 0 aliphatic rings. The van der Waals surface area contributed by atoms with Crippen LogP contribution in [0, 0.1) is 0 Å². The summed E-state index contributed by atoms with van der Waals surface area (Å²) in [6.45, 7) is 1.09. The molecule has 0 fully saturated rings. The third kappa shape index (κ3) is 3.92. The summed E-state index contributed by atoms with van der Waals surface area (Å²) in [6.07, 6.45) is 1.98. The lowest BCUT2D eigenvalue weighted by Gasteiger charge is -2.13. The van der Waals surface area contributed by atoms with Crippen molar-refractivity contribution in [3.05, 3.63) is 68.8 Å². The van der Waals surface area contributed by atoms with Crippen molar-refractivity contribution in [2.45, 2.75) is 13.0 Å². The van der Waals surface area contributed by atoms with E-state index in [1.54, 1.807) is 0 Å². The van der Waals surface area contributed by atoms with Crippen LogP contribution in [0.3, 0.4) is 0 Å². The number of aromatic nitrogens is 4. The predicted octanol–water partition coefficient (Wildman–Crippen LogP) is 0.798. The zero-order valence-electron chi connectivity index (χ0n) is 14.1. The van der Waals surface area contributed by atoms with Crippen LogP contribution >= 0.6 is 0 Å². The van der Waals surface area contributed by atoms with Gasteiger partial charge in [-0.05, 0) is 25.6 Å². The molecular weight excluding hydrogens is 322 g/mol. The molecule has 3 aromatic rings. The maximum absolute atomic E-state index is 12.0. The molecule has 1 aromatic carbocycles. The number of hydrogen-bond acceptors (Lipinski definition) is 6. The number of nitrogens with one attached hydrogen (secondary N) is 1. The number of hydrogen-bond donors (Lipinski definition) is 1. The average Bonchev–Trinajstić information content (AvgIpc) is 3.08. The van der Waals surface area contributed by atoms with Crippen LogP contribution in [0.5, 0.6) is 0 Å². The van der Waals surface area contributed by atoms with Crippen molar-refractivity contribution in [3.8, 4) is 11.5 Å².